The van der Waals surface area contributed by atoms with E-state index in [0.717, 1.165) is 32.0 Å². The molecule has 6 heteroatoms. The molecule has 3 fully saturated rings. The van der Waals surface area contributed by atoms with Crippen molar-refractivity contribution < 1.29 is 4.79 Å². The van der Waals surface area contributed by atoms with Crippen molar-refractivity contribution in [1.82, 2.24) is 9.80 Å². The first-order valence-electron chi connectivity index (χ1n) is 9.02. The number of halogens is 2. The summed E-state index contributed by atoms with van der Waals surface area (Å²) in [6.07, 6.45) is 9.73. The molecule has 3 atom stereocenters. The summed E-state index contributed by atoms with van der Waals surface area (Å²) in [5, 5.41) is 0. The molecule has 2 saturated heterocycles. The molecule has 1 amide bonds. The number of hydrogen-bond acceptors (Lipinski definition) is 3. The van der Waals surface area contributed by atoms with Gasteiger partial charge in [0.25, 0.3) is 0 Å². The molecule has 3 rings (SSSR count). The van der Waals surface area contributed by atoms with Crippen LogP contribution >= 0.6 is 24.8 Å². The summed E-state index contributed by atoms with van der Waals surface area (Å²) < 4.78 is 0. The zero-order valence-electron chi connectivity index (χ0n) is 14.1. The van der Waals surface area contributed by atoms with Crippen LogP contribution < -0.4 is 5.73 Å². The fraction of sp³-hybridized carbons (Fsp3) is 0.941. The largest absolute Gasteiger partial charge is 0.342 e. The molecule has 2 N–H and O–H groups in total. The molecule has 3 aliphatic rings. The number of nitrogens with two attached hydrogens (primary N) is 1. The van der Waals surface area contributed by atoms with Gasteiger partial charge in [-0.2, -0.15) is 0 Å². The summed E-state index contributed by atoms with van der Waals surface area (Å²) in [6.45, 7) is 5.17. The lowest BCUT2D eigenvalue weighted by Crippen LogP contribution is -2.40. The highest BCUT2D eigenvalue weighted by Gasteiger charge is 2.35. The van der Waals surface area contributed by atoms with Gasteiger partial charge in [0.2, 0.25) is 5.91 Å². The molecule has 0 aromatic rings. The summed E-state index contributed by atoms with van der Waals surface area (Å²) in [5.74, 6) is 1.07. The van der Waals surface area contributed by atoms with Crippen molar-refractivity contribution in [2.24, 2.45) is 17.6 Å². The highest BCUT2D eigenvalue weighted by Crippen LogP contribution is 2.33. The standard InChI is InChI=1S/C17H31N3O.2ClH/c18-13-14-5-3-7-16(14)17(21)20-11-4-6-15(8-12-20)19-9-1-2-10-19;;/h14-16H,1-13,18H2;2*1H/t14-,15?,16-;;/m1../s1. The van der Waals surface area contributed by atoms with E-state index in [9.17, 15) is 4.79 Å². The molecular weight excluding hydrogens is 333 g/mol. The Morgan fingerprint density at radius 3 is 2.30 bits per heavy atom. The van der Waals surface area contributed by atoms with Crippen LogP contribution in [0.4, 0.5) is 0 Å². The molecule has 1 aliphatic carbocycles. The number of hydrogen-bond donors (Lipinski definition) is 1. The second-order valence-electron chi connectivity index (χ2n) is 7.19. The highest BCUT2D eigenvalue weighted by atomic mass is 35.5. The first kappa shape index (κ1) is 21.0. The number of carbonyl (C=O) groups excluding carboxylic acids is 1. The van der Waals surface area contributed by atoms with Crippen molar-refractivity contribution in [2.75, 3.05) is 32.7 Å². The zero-order valence-corrected chi connectivity index (χ0v) is 15.8. The van der Waals surface area contributed by atoms with Crippen molar-refractivity contribution in [3.05, 3.63) is 0 Å². The zero-order chi connectivity index (χ0) is 14.7. The van der Waals surface area contributed by atoms with Crippen LogP contribution in [-0.2, 0) is 4.79 Å². The topological polar surface area (TPSA) is 49.6 Å². The highest BCUT2D eigenvalue weighted by molar-refractivity contribution is 5.85. The van der Waals surface area contributed by atoms with Crippen LogP contribution in [0.1, 0.15) is 51.4 Å². The van der Waals surface area contributed by atoms with Crippen LogP contribution in [0.3, 0.4) is 0 Å². The van der Waals surface area contributed by atoms with Gasteiger partial charge in [-0.05, 0) is 70.5 Å². The Balaban J connectivity index is 0.00000132. The Hall–Kier alpha value is -0.0300. The number of carbonyl (C=O) groups is 1. The van der Waals surface area contributed by atoms with Gasteiger partial charge in [0.1, 0.15) is 0 Å². The van der Waals surface area contributed by atoms with E-state index in [1.807, 2.05) is 0 Å². The smallest absolute Gasteiger partial charge is 0.226 e. The van der Waals surface area contributed by atoms with Crippen LogP contribution in [0.15, 0.2) is 0 Å². The monoisotopic (exact) mass is 365 g/mol. The maximum Gasteiger partial charge on any atom is 0.226 e. The molecule has 1 unspecified atom stereocenters. The SMILES string of the molecule is Cl.Cl.NC[C@H]1CCC[C@H]1C(=O)N1CCCC(N2CCCC2)CC1. The second kappa shape index (κ2) is 10.1. The number of likely N-dealkylation sites (tertiary alicyclic amines) is 2. The number of nitrogens with zero attached hydrogens (tertiary/aromatic N) is 2. The van der Waals surface area contributed by atoms with Crippen LogP contribution in [0.25, 0.3) is 0 Å². The minimum absolute atomic E-state index is 0. The Bertz CT molecular complexity index is 364. The van der Waals surface area contributed by atoms with Crippen LogP contribution in [0.2, 0.25) is 0 Å². The van der Waals surface area contributed by atoms with Crippen LogP contribution in [0.5, 0.6) is 0 Å². The van der Waals surface area contributed by atoms with Gasteiger partial charge in [-0.1, -0.05) is 6.42 Å². The van der Waals surface area contributed by atoms with Crippen molar-refractivity contribution in [3.8, 4) is 0 Å². The average Bonchev–Trinajstić information content (AvgIpc) is 3.14. The second-order valence-corrected chi connectivity index (χ2v) is 7.19. The third-order valence-corrected chi connectivity index (χ3v) is 5.95. The fourth-order valence-corrected chi connectivity index (χ4v) is 4.65. The minimum Gasteiger partial charge on any atom is -0.342 e. The molecule has 0 radical (unpaired) electrons. The summed E-state index contributed by atoms with van der Waals surface area (Å²) in [6, 6.07) is 0.721. The molecule has 4 nitrogen and oxygen atoms in total. The molecule has 2 aliphatic heterocycles. The van der Waals surface area contributed by atoms with E-state index in [-0.39, 0.29) is 30.7 Å². The number of rotatable bonds is 3. The molecule has 0 bridgehead atoms. The van der Waals surface area contributed by atoms with Gasteiger partial charge in [0.15, 0.2) is 0 Å². The van der Waals surface area contributed by atoms with E-state index in [1.165, 1.54) is 51.6 Å². The Morgan fingerprint density at radius 2 is 1.61 bits per heavy atom. The third kappa shape index (κ3) is 4.97. The summed E-state index contributed by atoms with van der Waals surface area (Å²) in [5.41, 5.74) is 5.85. The van der Waals surface area contributed by atoms with E-state index in [2.05, 4.69) is 9.80 Å². The summed E-state index contributed by atoms with van der Waals surface area (Å²) in [4.78, 5) is 17.6. The lowest BCUT2D eigenvalue weighted by Gasteiger charge is -2.28. The number of amides is 1. The molecular formula is C17H33Cl2N3O. The maximum absolute atomic E-state index is 12.8. The average molecular weight is 366 g/mol. The molecule has 2 heterocycles. The molecule has 1 saturated carbocycles. The van der Waals surface area contributed by atoms with Gasteiger partial charge in [-0.3, -0.25) is 4.79 Å². The van der Waals surface area contributed by atoms with Crippen LogP contribution in [-0.4, -0.2) is 54.5 Å². The van der Waals surface area contributed by atoms with Gasteiger partial charge in [0.05, 0.1) is 0 Å². The van der Waals surface area contributed by atoms with Crippen molar-refractivity contribution in [2.45, 2.75) is 57.4 Å². The van der Waals surface area contributed by atoms with Gasteiger partial charge < -0.3 is 15.5 Å². The third-order valence-electron chi connectivity index (χ3n) is 5.95. The van der Waals surface area contributed by atoms with Crippen LogP contribution in [0, 0.1) is 11.8 Å². The van der Waals surface area contributed by atoms with E-state index in [4.69, 9.17) is 5.73 Å². The van der Waals surface area contributed by atoms with E-state index < -0.39 is 0 Å². The van der Waals surface area contributed by atoms with Crippen molar-refractivity contribution >= 4 is 30.7 Å². The first-order valence-corrected chi connectivity index (χ1v) is 9.02. The molecule has 0 aromatic carbocycles. The lowest BCUT2D eigenvalue weighted by atomic mass is 9.94. The summed E-state index contributed by atoms with van der Waals surface area (Å²) in [7, 11) is 0. The fourth-order valence-electron chi connectivity index (χ4n) is 4.65. The van der Waals surface area contributed by atoms with E-state index in [1.54, 1.807) is 0 Å². The minimum atomic E-state index is 0. The van der Waals surface area contributed by atoms with Crippen molar-refractivity contribution in [1.29, 1.82) is 0 Å². The Morgan fingerprint density at radius 1 is 0.870 bits per heavy atom. The predicted octanol–water partition coefficient (Wildman–Crippen LogP) is 2.68. The van der Waals surface area contributed by atoms with Crippen molar-refractivity contribution in [3.63, 3.8) is 0 Å². The Kier molecular flexibility index (Phi) is 9.20. The predicted molar refractivity (Wildman–Crippen MR) is 99.4 cm³/mol. The molecule has 23 heavy (non-hydrogen) atoms. The van der Waals surface area contributed by atoms with E-state index in [0.29, 0.717) is 18.4 Å². The van der Waals surface area contributed by atoms with Gasteiger partial charge in [-0.25, -0.2) is 0 Å². The Labute approximate surface area is 153 Å². The first-order chi connectivity index (χ1) is 10.3. The summed E-state index contributed by atoms with van der Waals surface area (Å²) >= 11 is 0. The van der Waals surface area contributed by atoms with Gasteiger partial charge in [0, 0.05) is 25.0 Å². The lowest BCUT2D eigenvalue weighted by molar-refractivity contribution is -0.136. The quantitative estimate of drug-likeness (QED) is 0.836. The normalized spacial score (nSPS) is 32.0. The van der Waals surface area contributed by atoms with Gasteiger partial charge in [-0.15, -0.1) is 24.8 Å². The molecule has 0 aromatic heterocycles. The molecule has 0 spiro atoms. The molecule has 136 valence electrons. The van der Waals surface area contributed by atoms with Gasteiger partial charge >= 0.3 is 0 Å². The maximum atomic E-state index is 12.8. The van der Waals surface area contributed by atoms with E-state index >= 15 is 0 Å².